The molecule has 0 amide bonds. The van der Waals surface area contributed by atoms with E-state index in [9.17, 15) is 13.2 Å². The number of alkyl halides is 3. The van der Waals surface area contributed by atoms with E-state index in [2.05, 4.69) is 11.5 Å². The van der Waals surface area contributed by atoms with Gasteiger partial charge in [-0.3, -0.25) is 0 Å². The molecule has 0 saturated carbocycles. The molecule has 0 heterocycles. The molecule has 0 unspecified atom stereocenters. The Labute approximate surface area is 150 Å². The van der Waals surface area contributed by atoms with Gasteiger partial charge in [-0.05, 0) is 12.2 Å². The normalized spacial score (nSPS) is 11.9. The summed E-state index contributed by atoms with van der Waals surface area (Å²) in [5, 5.41) is 0.707. The summed E-state index contributed by atoms with van der Waals surface area (Å²) in [6.45, 7) is 0. The van der Waals surface area contributed by atoms with Crippen molar-refractivity contribution in [2.24, 2.45) is 0 Å². The molecule has 0 bridgehead atoms. The van der Waals surface area contributed by atoms with Crippen LogP contribution in [0.1, 0.15) is 0 Å². The van der Waals surface area contributed by atoms with E-state index < -0.39 is 15.6 Å². The summed E-state index contributed by atoms with van der Waals surface area (Å²) in [4.78, 5) is 0. The van der Waals surface area contributed by atoms with Crippen LogP contribution in [0, 0.1) is 0 Å². The van der Waals surface area contributed by atoms with Crippen LogP contribution in [0.3, 0.4) is 0 Å². The first-order valence-electron chi connectivity index (χ1n) is 3.20. The summed E-state index contributed by atoms with van der Waals surface area (Å²) < 4.78 is 58.9. The maximum Gasteiger partial charge on any atom is 0.485 e. The third kappa shape index (κ3) is 13.4. The second-order valence-electron chi connectivity index (χ2n) is 2.05. The second kappa shape index (κ2) is 11.8. The molecule has 0 aromatic carbocycles. The topological polar surface area (TPSA) is 57.2 Å². The largest absolute Gasteiger partial charge is 1.00 e. The summed E-state index contributed by atoms with van der Waals surface area (Å²) in [6.07, 6.45) is 5.15. The van der Waals surface area contributed by atoms with Crippen LogP contribution in [0.5, 0.6) is 0 Å². The van der Waals surface area contributed by atoms with Gasteiger partial charge >= 0.3 is 5.51 Å². The molecule has 0 aromatic rings. The van der Waals surface area contributed by atoms with Crippen molar-refractivity contribution in [1.82, 2.24) is 0 Å². The van der Waals surface area contributed by atoms with E-state index in [0.29, 0.717) is 5.03 Å². The SMILES string of the molecule is ClC1=CC=C=C=C1.O=S(=O)([O-])C(F)(F)F.[I-].[Zn].[Zn]. The van der Waals surface area contributed by atoms with E-state index in [1.54, 1.807) is 18.2 Å². The van der Waals surface area contributed by atoms with Crippen LogP contribution >= 0.6 is 11.6 Å². The van der Waals surface area contributed by atoms with Crippen LogP contribution in [0.25, 0.3) is 0 Å². The van der Waals surface area contributed by atoms with Crippen molar-refractivity contribution in [3.05, 3.63) is 34.7 Å². The smallest absolute Gasteiger partial charge is 0.485 e. The summed E-state index contributed by atoms with van der Waals surface area (Å²) in [5.74, 6) is 0. The molecule has 0 radical (unpaired) electrons. The van der Waals surface area contributed by atoms with Crippen LogP contribution in [0.2, 0.25) is 0 Å². The van der Waals surface area contributed by atoms with Gasteiger partial charge in [-0.2, -0.15) is 13.2 Å². The van der Waals surface area contributed by atoms with Gasteiger partial charge in [0.05, 0.1) is 0 Å². The maximum absolute atomic E-state index is 10.7. The van der Waals surface area contributed by atoms with Crippen molar-refractivity contribution in [3.8, 4) is 0 Å². The first-order valence-corrected chi connectivity index (χ1v) is 4.98. The fraction of sp³-hybridized carbons (Fsp3) is 0.143. The zero-order valence-electron chi connectivity index (χ0n) is 8.67. The molecule has 1 aliphatic rings. The first-order chi connectivity index (χ1) is 6.64. The van der Waals surface area contributed by atoms with Gasteiger partial charge in [0.2, 0.25) is 0 Å². The average molecular weight is 517 g/mol. The number of hydrogen-bond donors (Lipinski definition) is 0. The van der Waals surface area contributed by atoms with Crippen molar-refractivity contribution in [2.75, 3.05) is 0 Å². The molecule has 0 fully saturated rings. The number of allylic oxidation sites excluding steroid dienone is 4. The Kier molecular flexibility index (Phi) is 17.9. The van der Waals surface area contributed by atoms with Crippen LogP contribution in [0.4, 0.5) is 13.2 Å². The summed E-state index contributed by atoms with van der Waals surface area (Å²) in [7, 11) is -6.09. The number of halogens is 5. The van der Waals surface area contributed by atoms with Crippen molar-refractivity contribution in [3.63, 3.8) is 0 Å². The Balaban J connectivity index is -0.0000000935. The van der Waals surface area contributed by atoms with Gasteiger partial charge in [-0.25, -0.2) is 8.42 Å². The Morgan fingerprint density at radius 3 is 1.72 bits per heavy atom. The zero-order chi connectivity index (χ0) is 12.1. The van der Waals surface area contributed by atoms with E-state index in [1.165, 1.54) is 0 Å². The monoisotopic (exact) mass is 514 g/mol. The third-order valence-electron chi connectivity index (χ3n) is 0.903. The molecular weight excluding hydrogens is 514 g/mol. The quantitative estimate of drug-likeness (QED) is 0.137. The fourth-order valence-electron chi connectivity index (χ4n) is 0.328. The Morgan fingerprint density at radius 2 is 1.61 bits per heavy atom. The summed E-state index contributed by atoms with van der Waals surface area (Å²) in [5.41, 5.74) is -0.218. The van der Waals surface area contributed by atoms with E-state index in [0.717, 1.165) is 0 Å². The molecule has 0 atom stereocenters. The van der Waals surface area contributed by atoms with Crippen LogP contribution in [0.15, 0.2) is 34.7 Å². The predicted octanol–water partition coefficient (Wildman–Crippen LogP) is -0.960. The summed E-state index contributed by atoms with van der Waals surface area (Å²) in [6, 6.07) is 0. The minimum Gasteiger partial charge on any atom is -1.00 e. The summed E-state index contributed by atoms with van der Waals surface area (Å²) >= 11 is 5.49. The number of hydrogen-bond acceptors (Lipinski definition) is 3. The molecule has 96 valence electrons. The molecular formula is C7H3ClF3IO3SZn2-2. The average Bonchev–Trinajstić information content (AvgIpc) is 2.02. The standard InChI is InChI=1S/C6H3Cl.CHF3O3S.HI.2Zn/c7-6-4-2-1-3-5-6;2-1(3,4)8(5,6)7;;;/h2,4-5H;(H,5,6,7);1H;;/p-2. The van der Waals surface area contributed by atoms with Crippen molar-refractivity contribution >= 4 is 21.7 Å². The molecule has 11 heteroatoms. The van der Waals surface area contributed by atoms with E-state index in [1.807, 2.05) is 0 Å². The molecule has 0 N–H and O–H groups in total. The predicted molar refractivity (Wildman–Crippen MR) is 45.9 cm³/mol. The van der Waals surface area contributed by atoms with Crippen molar-refractivity contribution < 1.29 is 89.1 Å². The fourth-order valence-corrected chi connectivity index (χ4v) is 0.446. The van der Waals surface area contributed by atoms with Gasteiger partial charge in [-0.15, -0.1) is 0 Å². The van der Waals surface area contributed by atoms with Gasteiger partial charge in [0, 0.05) is 50.1 Å². The minimum atomic E-state index is -6.09. The Morgan fingerprint density at radius 1 is 1.22 bits per heavy atom. The third-order valence-corrected chi connectivity index (χ3v) is 1.70. The zero-order valence-corrected chi connectivity index (χ0v) is 18.3. The molecule has 1 aliphatic carbocycles. The van der Waals surface area contributed by atoms with Gasteiger partial charge in [0.25, 0.3) is 0 Å². The minimum absolute atomic E-state index is 0. The van der Waals surface area contributed by atoms with Gasteiger partial charge in [-0.1, -0.05) is 23.1 Å². The number of rotatable bonds is 0. The van der Waals surface area contributed by atoms with Crippen LogP contribution in [-0.2, 0) is 49.1 Å². The molecule has 0 aromatic heterocycles. The molecule has 18 heavy (non-hydrogen) atoms. The molecule has 3 nitrogen and oxygen atoms in total. The Bertz CT molecular complexity index is 463. The maximum atomic E-state index is 10.7. The second-order valence-corrected chi connectivity index (χ2v) is 3.86. The van der Waals surface area contributed by atoms with E-state index >= 15 is 0 Å². The molecule has 0 saturated heterocycles. The van der Waals surface area contributed by atoms with Gasteiger partial charge < -0.3 is 28.5 Å². The molecule has 1 rings (SSSR count). The van der Waals surface area contributed by atoms with Crippen LogP contribution in [-0.4, -0.2) is 18.5 Å². The van der Waals surface area contributed by atoms with Gasteiger partial charge in [0.1, 0.15) is 0 Å². The van der Waals surface area contributed by atoms with E-state index in [-0.39, 0.29) is 62.9 Å². The molecule has 0 aliphatic heterocycles. The van der Waals surface area contributed by atoms with Crippen molar-refractivity contribution in [2.45, 2.75) is 5.51 Å². The van der Waals surface area contributed by atoms with Gasteiger partial charge in [0.15, 0.2) is 10.1 Å². The van der Waals surface area contributed by atoms with Crippen LogP contribution < -0.4 is 24.0 Å². The molecule has 0 spiro atoms. The van der Waals surface area contributed by atoms with Crippen molar-refractivity contribution in [1.29, 1.82) is 0 Å². The first kappa shape index (κ1) is 27.4. The Hall–Kier alpha value is 1.01. The van der Waals surface area contributed by atoms with E-state index in [4.69, 9.17) is 24.6 Å².